The molecule has 0 bridgehead atoms. The van der Waals surface area contributed by atoms with Crippen LogP contribution in [0.4, 0.5) is 0 Å². The molecule has 0 amide bonds. The Morgan fingerprint density at radius 2 is 1.61 bits per heavy atom. The maximum absolute atomic E-state index is 12.1. The summed E-state index contributed by atoms with van der Waals surface area (Å²) < 4.78 is 0. The van der Waals surface area contributed by atoms with Crippen LogP contribution in [-0.4, -0.2) is 22.3 Å². The van der Waals surface area contributed by atoms with Gasteiger partial charge >= 0.3 is 0 Å². The van der Waals surface area contributed by atoms with Crippen molar-refractivity contribution in [3.63, 3.8) is 0 Å². The highest BCUT2D eigenvalue weighted by molar-refractivity contribution is 6.24. The first-order valence-electron chi connectivity index (χ1n) is 5.88. The van der Waals surface area contributed by atoms with Gasteiger partial charge in [0.05, 0.1) is 0 Å². The van der Waals surface area contributed by atoms with Gasteiger partial charge in [0.25, 0.3) is 0 Å². The molecular formula is C15H18O3. The van der Waals surface area contributed by atoms with Gasteiger partial charge in [-0.25, -0.2) is 0 Å². The van der Waals surface area contributed by atoms with E-state index in [2.05, 4.69) is 5.92 Å². The Bertz CT molecular complexity index is 510. The average molecular weight is 246 g/mol. The number of carbonyl (C=O) groups is 2. The number of ketones is 2. The van der Waals surface area contributed by atoms with Crippen molar-refractivity contribution >= 4 is 11.6 Å². The summed E-state index contributed by atoms with van der Waals surface area (Å²) in [6.07, 6.45) is 5.77. The van der Waals surface area contributed by atoms with Crippen LogP contribution in [0.2, 0.25) is 0 Å². The molecule has 3 nitrogen and oxygen atoms in total. The van der Waals surface area contributed by atoms with Gasteiger partial charge in [0, 0.05) is 22.3 Å². The molecule has 3 heteroatoms. The van der Waals surface area contributed by atoms with Crippen molar-refractivity contribution in [1.82, 2.24) is 0 Å². The molecule has 0 aliphatic heterocycles. The van der Waals surface area contributed by atoms with Crippen LogP contribution in [0.5, 0.6) is 0 Å². The fraction of sp³-hybridized carbons (Fsp3) is 0.467. The van der Waals surface area contributed by atoms with Crippen LogP contribution in [-0.2, 0) is 9.59 Å². The van der Waals surface area contributed by atoms with E-state index < -0.39 is 5.60 Å². The molecule has 0 aromatic carbocycles. The molecule has 0 spiro atoms. The zero-order valence-electron chi connectivity index (χ0n) is 11.3. The molecule has 1 aliphatic rings. The van der Waals surface area contributed by atoms with Crippen LogP contribution >= 0.6 is 0 Å². The number of rotatable bonds is 3. The predicted molar refractivity (Wildman–Crippen MR) is 69.8 cm³/mol. The SMILES string of the molecule is C#C[C@@](C)(O)CCC1=C(C)C(=O)C(C)=C(C)C1=O. The number of hydrogen-bond acceptors (Lipinski definition) is 3. The van der Waals surface area contributed by atoms with E-state index in [0.29, 0.717) is 28.7 Å². The fourth-order valence-electron chi connectivity index (χ4n) is 1.90. The lowest BCUT2D eigenvalue weighted by atomic mass is 9.82. The lowest BCUT2D eigenvalue weighted by Gasteiger charge is -2.21. The van der Waals surface area contributed by atoms with Gasteiger partial charge < -0.3 is 5.11 Å². The number of carbonyl (C=O) groups excluding carboxylic acids is 2. The van der Waals surface area contributed by atoms with Gasteiger partial charge in [-0.05, 0) is 40.5 Å². The quantitative estimate of drug-likeness (QED) is 0.611. The van der Waals surface area contributed by atoms with E-state index in [1.54, 1.807) is 20.8 Å². The third-order valence-corrected chi connectivity index (χ3v) is 3.48. The molecule has 0 heterocycles. The Morgan fingerprint density at radius 3 is 2.11 bits per heavy atom. The lowest BCUT2D eigenvalue weighted by Crippen LogP contribution is -2.25. The molecule has 0 aromatic heterocycles. The minimum atomic E-state index is -1.25. The molecule has 1 N–H and O–H groups in total. The number of aliphatic hydroxyl groups is 1. The van der Waals surface area contributed by atoms with Gasteiger partial charge in [0.15, 0.2) is 11.6 Å². The van der Waals surface area contributed by atoms with Crippen molar-refractivity contribution in [2.45, 2.75) is 46.1 Å². The summed E-state index contributed by atoms with van der Waals surface area (Å²) in [6.45, 7) is 6.48. The summed E-state index contributed by atoms with van der Waals surface area (Å²) in [5.41, 5.74) is 0.682. The lowest BCUT2D eigenvalue weighted by molar-refractivity contribution is -0.116. The molecule has 1 atom stereocenters. The zero-order chi connectivity index (χ0) is 14.1. The van der Waals surface area contributed by atoms with Gasteiger partial charge in [-0.3, -0.25) is 9.59 Å². The standard InChI is InChI=1S/C15H18O3/c1-6-15(5,18)8-7-12-11(4)13(16)9(2)10(3)14(12)17/h1,18H,7-8H2,2-5H3/t15-/m1/s1. The van der Waals surface area contributed by atoms with Crippen molar-refractivity contribution in [2.24, 2.45) is 0 Å². The zero-order valence-corrected chi connectivity index (χ0v) is 11.3. The molecule has 1 rings (SSSR count). The molecule has 96 valence electrons. The smallest absolute Gasteiger partial charge is 0.185 e. The average Bonchev–Trinajstić information content (AvgIpc) is 2.34. The highest BCUT2D eigenvalue weighted by Gasteiger charge is 2.29. The van der Waals surface area contributed by atoms with E-state index in [9.17, 15) is 14.7 Å². The highest BCUT2D eigenvalue weighted by atomic mass is 16.3. The van der Waals surface area contributed by atoms with Crippen molar-refractivity contribution in [2.75, 3.05) is 0 Å². The van der Waals surface area contributed by atoms with E-state index >= 15 is 0 Å². The summed E-state index contributed by atoms with van der Waals surface area (Å²) in [5, 5.41) is 9.74. The third-order valence-electron chi connectivity index (χ3n) is 3.48. The second kappa shape index (κ2) is 4.91. The van der Waals surface area contributed by atoms with Crippen LogP contribution in [0.1, 0.15) is 40.5 Å². The minimum absolute atomic E-state index is 0.0950. The summed E-state index contributed by atoms with van der Waals surface area (Å²) in [7, 11) is 0. The van der Waals surface area contributed by atoms with Crippen molar-refractivity contribution < 1.29 is 14.7 Å². The predicted octanol–water partition coefficient (Wildman–Crippen LogP) is 1.96. The van der Waals surface area contributed by atoms with Gasteiger partial charge in [-0.15, -0.1) is 6.42 Å². The van der Waals surface area contributed by atoms with Gasteiger partial charge in [0.2, 0.25) is 0 Å². The number of allylic oxidation sites excluding steroid dienone is 4. The Hall–Kier alpha value is -1.66. The van der Waals surface area contributed by atoms with Crippen molar-refractivity contribution in [3.05, 3.63) is 22.3 Å². The number of Topliss-reactive ketones (excluding diaryl/α,β-unsaturated/α-hetero) is 2. The summed E-state index contributed by atoms with van der Waals surface area (Å²) in [5.74, 6) is 2.06. The molecule has 0 saturated carbocycles. The maximum atomic E-state index is 12.1. The van der Waals surface area contributed by atoms with E-state index in [-0.39, 0.29) is 18.0 Å². The molecule has 0 fully saturated rings. The largest absolute Gasteiger partial charge is 0.378 e. The van der Waals surface area contributed by atoms with Crippen LogP contribution < -0.4 is 0 Å². The normalized spacial score (nSPS) is 20.0. The first-order chi connectivity index (χ1) is 8.21. The molecule has 0 saturated heterocycles. The first-order valence-corrected chi connectivity index (χ1v) is 5.88. The molecular weight excluding hydrogens is 228 g/mol. The summed E-state index contributed by atoms with van der Waals surface area (Å²) in [6, 6.07) is 0. The molecule has 0 unspecified atom stereocenters. The third kappa shape index (κ3) is 2.60. The Kier molecular flexibility index (Phi) is 3.93. The monoisotopic (exact) mass is 246 g/mol. The molecule has 1 aliphatic carbocycles. The fourth-order valence-corrected chi connectivity index (χ4v) is 1.90. The maximum Gasteiger partial charge on any atom is 0.185 e. The molecule has 0 radical (unpaired) electrons. The van der Waals surface area contributed by atoms with Crippen LogP contribution in [0.15, 0.2) is 22.3 Å². The van der Waals surface area contributed by atoms with Crippen molar-refractivity contribution in [1.29, 1.82) is 0 Å². The van der Waals surface area contributed by atoms with Gasteiger partial charge in [-0.1, -0.05) is 5.92 Å². The van der Waals surface area contributed by atoms with E-state index in [4.69, 9.17) is 6.42 Å². The second-order valence-corrected chi connectivity index (χ2v) is 4.93. The number of hydrogen-bond donors (Lipinski definition) is 1. The van der Waals surface area contributed by atoms with Crippen LogP contribution in [0, 0.1) is 12.3 Å². The van der Waals surface area contributed by atoms with Gasteiger partial charge in [-0.2, -0.15) is 0 Å². The Balaban J connectivity index is 3.00. The van der Waals surface area contributed by atoms with Crippen LogP contribution in [0.25, 0.3) is 0 Å². The summed E-state index contributed by atoms with van der Waals surface area (Å²) in [4.78, 5) is 24.0. The topological polar surface area (TPSA) is 54.4 Å². The first kappa shape index (κ1) is 14.4. The number of terminal acetylenes is 1. The van der Waals surface area contributed by atoms with E-state index in [1.165, 1.54) is 6.92 Å². The minimum Gasteiger partial charge on any atom is -0.378 e. The molecule has 0 aromatic rings. The summed E-state index contributed by atoms with van der Waals surface area (Å²) >= 11 is 0. The van der Waals surface area contributed by atoms with Crippen molar-refractivity contribution in [3.8, 4) is 12.3 Å². The van der Waals surface area contributed by atoms with Gasteiger partial charge in [0.1, 0.15) is 5.60 Å². The molecule has 18 heavy (non-hydrogen) atoms. The van der Waals surface area contributed by atoms with E-state index in [1.807, 2.05) is 0 Å². The second-order valence-electron chi connectivity index (χ2n) is 4.93. The van der Waals surface area contributed by atoms with Crippen LogP contribution in [0.3, 0.4) is 0 Å². The Labute approximate surface area is 108 Å². The Morgan fingerprint density at radius 1 is 1.11 bits per heavy atom. The highest BCUT2D eigenvalue weighted by Crippen LogP contribution is 2.28. The van der Waals surface area contributed by atoms with E-state index in [0.717, 1.165) is 0 Å².